The predicted octanol–water partition coefficient (Wildman–Crippen LogP) is 2.95. The lowest BCUT2D eigenvalue weighted by atomic mass is 9.97. The molecule has 0 amide bonds. The van der Waals surface area contributed by atoms with Crippen LogP contribution in [0.15, 0.2) is 18.2 Å². The van der Waals surface area contributed by atoms with Crippen LogP contribution in [0.4, 0.5) is 0 Å². The molecular formula is C17H25NO3S. The van der Waals surface area contributed by atoms with Crippen LogP contribution in [0.25, 0.3) is 0 Å². The van der Waals surface area contributed by atoms with Crippen molar-refractivity contribution in [3.8, 4) is 0 Å². The van der Waals surface area contributed by atoms with Gasteiger partial charge < -0.3 is 4.74 Å². The molecule has 0 aromatic heterocycles. The maximum Gasteiger partial charge on any atom is 0.217 e. The molecule has 2 aliphatic rings. The summed E-state index contributed by atoms with van der Waals surface area (Å²) in [4.78, 5) is 0. The van der Waals surface area contributed by atoms with Gasteiger partial charge in [0.2, 0.25) is 10.0 Å². The van der Waals surface area contributed by atoms with Crippen molar-refractivity contribution in [2.45, 2.75) is 50.8 Å². The second-order valence-electron chi connectivity index (χ2n) is 6.41. The number of hydrogen-bond acceptors (Lipinski definition) is 3. The Morgan fingerprint density at radius 3 is 2.59 bits per heavy atom. The second kappa shape index (κ2) is 6.30. The molecule has 2 aliphatic heterocycles. The summed E-state index contributed by atoms with van der Waals surface area (Å²) < 4.78 is 33.2. The zero-order valence-electron chi connectivity index (χ0n) is 13.4. The molecule has 1 atom stereocenters. The van der Waals surface area contributed by atoms with Crippen molar-refractivity contribution in [3.05, 3.63) is 34.9 Å². The maximum atomic E-state index is 13.0. The lowest BCUT2D eigenvalue weighted by Crippen LogP contribution is -2.41. The molecule has 2 fully saturated rings. The SMILES string of the molecule is Cc1cccc([C@@H]2CCCN2S(=O)(=O)C2CCOCC2)c1C. The minimum Gasteiger partial charge on any atom is -0.381 e. The van der Waals surface area contributed by atoms with Crippen LogP contribution in [-0.4, -0.2) is 37.7 Å². The third-order valence-electron chi connectivity index (χ3n) is 5.13. The summed E-state index contributed by atoms with van der Waals surface area (Å²) in [5.74, 6) is 0. The number of benzene rings is 1. The van der Waals surface area contributed by atoms with E-state index >= 15 is 0 Å². The van der Waals surface area contributed by atoms with Crippen LogP contribution in [0.1, 0.15) is 48.4 Å². The summed E-state index contributed by atoms with van der Waals surface area (Å²) in [6.07, 6.45) is 3.12. The summed E-state index contributed by atoms with van der Waals surface area (Å²) in [6, 6.07) is 6.22. The van der Waals surface area contributed by atoms with E-state index in [1.807, 2.05) is 6.07 Å². The van der Waals surface area contributed by atoms with Gasteiger partial charge in [-0.15, -0.1) is 0 Å². The summed E-state index contributed by atoms with van der Waals surface area (Å²) in [6.45, 7) is 5.96. The minimum atomic E-state index is -3.24. The van der Waals surface area contributed by atoms with E-state index in [0.29, 0.717) is 32.6 Å². The third-order valence-corrected chi connectivity index (χ3v) is 7.53. The van der Waals surface area contributed by atoms with Gasteiger partial charge in [0.15, 0.2) is 0 Å². The van der Waals surface area contributed by atoms with Crippen LogP contribution in [0.5, 0.6) is 0 Å². The zero-order chi connectivity index (χ0) is 15.7. The molecule has 2 heterocycles. The monoisotopic (exact) mass is 323 g/mol. The molecule has 4 nitrogen and oxygen atoms in total. The molecule has 0 unspecified atom stereocenters. The normalized spacial score (nSPS) is 24.7. The van der Waals surface area contributed by atoms with E-state index in [9.17, 15) is 8.42 Å². The first kappa shape index (κ1) is 16.0. The van der Waals surface area contributed by atoms with Crippen molar-refractivity contribution >= 4 is 10.0 Å². The topological polar surface area (TPSA) is 46.6 Å². The van der Waals surface area contributed by atoms with Crippen molar-refractivity contribution in [1.29, 1.82) is 0 Å². The van der Waals surface area contributed by atoms with Gasteiger partial charge in [-0.25, -0.2) is 8.42 Å². The van der Waals surface area contributed by atoms with Crippen molar-refractivity contribution < 1.29 is 13.2 Å². The largest absolute Gasteiger partial charge is 0.381 e. The van der Waals surface area contributed by atoms with E-state index in [-0.39, 0.29) is 11.3 Å². The summed E-state index contributed by atoms with van der Waals surface area (Å²) in [7, 11) is -3.24. The van der Waals surface area contributed by atoms with Gasteiger partial charge in [-0.1, -0.05) is 18.2 Å². The Kier molecular flexibility index (Phi) is 4.57. The van der Waals surface area contributed by atoms with Crippen molar-refractivity contribution in [1.82, 2.24) is 4.31 Å². The second-order valence-corrected chi connectivity index (χ2v) is 8.58. The molecule has 0 bridgehead atoms. The van der Waals surface area contributed by atoms with Gasteiger partial charge in [0.1, 0.15) is 0 Å². The minimum absolute atomic E-state index is 0.00717. The van der Waals surface area contributed by atoms with Crippen LogP contribution >= 0.6 is 0 Å². The molecule has 122 valence electrons. The molecule has 0 radical (unpaired) electrons. The van der Waals surface area contributed by atoms with Crippen LogP contribution in [0.2, 0.25) is 0 Å². The Morgan fingerprint density at radius 1 is 1.14 bits per heavy atom. The third kappa shape index (κ3) is 2.82. The summed E-state index contributed by atoms with van der Waals surface area (Å²) in [5, 5.41) is -0.271. The fraction of sp³-hybridized carbons (Fsp3) is 0.647. The van der Waals surface area contributed by atoms with Crippen molar-refractivity contribution in [2.75, 3.05) is 19.8 Å². The molecular weight excluding hydrogens is 298 g/mol. The van der Waals surface area contributed by atoms with E-state index in [2.05, 4.69) is 26.0 Å². The quantitative estimate of drug-likeness (QED) is 0.859. The highest BCUT2D eigenvalue weighted by Gasteiger charge is 2.40. The molecule has 1 aromatic carbocycles. The number of nitrogens with zero attached hydrogens (tertiary/aromatic N) is 1. The van der Waals surface area contributed by atoms with Gasteiger partial charge in [-0.3, -0.25) is 0 Å². The highest BCUT2D eigenvalue weighted by Crippen LogP contribution is 2.38. The van der Waals surface area contributed by atoms with E-state index < -0.39 is 10.0 Å². The first-order valence-corrected chi connectivity index (χ1v) is 9.66. The highest BCUT2D eigenvalue weighted by atomic mass is 32.2. The molecule has 3 rings (SSSR count). The molecule has 0 spiro atoms. The summed E-state index contributed by atoms with van der Waals surface area (Å²) in [5.41, 5.74) is 3.63. The van der Waals surface area contributed by atoms with Crippen LogP contribution in [0, 0.1) is 13.8 Å². The van der Waals surface area contributed by atoms with Crippen LogP contribution in [-0.2, 0) is 14.8 Å². The molecule has 0 aliphatic carbocycles. The Bertz CT molecular complexity index is 635. The number of ether oxygens (including phenoxy) is 1. The number of aryl methyl sites for hydroxylation is 1. The van der Waals surface area contributed by atoms with Gasteiger partial charge in [-0.05, 0) is 56.2 Å². The average Bonchev–Trinajstić information content (AvgIpc) is 3.01. The maximum absolute atomic E-state index is 13.0. The van der Waals surface area contributed by atoms with E-state index in [0.717, 1.165) is 12.8 Å². The average molecular weight is 323 g/mol. The highest BCUT2D eigenvalue weighted by molar-refractivity contribution is 7.89. The zero-order valence-corrected chi connectivity index (χ0v) is 14.2. The Balaban J connectivity index is 1.91. The van der Waals surface area contributed by atoms with E-state index in [4.69, 9.17) is 4.74 Å². The Hall–Kier alpha value is -0.910. The first-order chi connectivity index (χ1) is 10.5. The standard InChI is InChI=1S/C17H25NO3S/c1-13-5-3-6-16(14(13)2)17-7-4-10-18(17)22(19,20)15-8-11-21-12-9-15/h3,5-6,15,17H,4,7-12H2,1-2H3/t17-/m0/s1. The van der Waals surface area contributed by atoms with Crippen molar-refractivity contribution in [3.63, 3.8) is 0 Å². The number of sulfonamides is 1. The predicted molar refractivity (Wildman–Crippen MR) is 87.4 cm³/mol. The molecule has 2 saturated heterocycles. The molecule has 5 heteroatoms. The molecule has 0 N–H and O–H groups in total. The van der Waals surface area contributed by atoms with Gasteiger partial charge in [0, 0.05) is 19.8 Å². The molecule has 22 heavy (non-hydrogen) atoms. The van der Waals surface area contributed by atoms with Gasteiger partial charge in [0.25, 0.3) is 0 Å². The number of hydrogen-bond donors (Lipinski definition) is 0. The fourth-order valence-electron chi connectivity index (χ4n) is 3.66. The molecule has 0 saturated carbocycles. The summed E-state index contributed by atoms with van der Waals surface area (Å²) >= 11 is 0. The smallest absolute Gasteiger partial charge is 0.217 e. The van der Waals surface area contributed by atoms with Crippen LogP contribution in [0.3, 0.4) is 0 Å². The Morgan fingerprint density at radius 2 is 1.86 bits per heavy atom. The first-order valence-electron chi connectivity index (χ1n) is 8.16. The lowest BCUT2D eigenvalue weighted by Gasteiger charge is -2.31. The lowest BCUT2D eigenvalue weighted by molar-refractivity contribution is 0.0971. The fourth-order valence-corrected chi connectivity index (χ4v) is 5.78. The number of rotatable bonds is 3. The van der Waals surface area contributed by atoms with Gasteiger partial charge in [-0.2, -0.15) is 4.31 Å². The molecule has 1 aromatic rings. The van der Waals surface area contributed by atoms with E-state index in [1.165, 1.54) is 16.7 Å². The van der Waals surface area contributed by atoms with E-state index in [1.54, 1.807) is 4.31 Å². The Labute approximate surface area is 133 Å². The van der Waals surface area contributed by atoms with Gasteiger partial charge >= 0.3 is 0 Å². The van der Waals surface area contributed by atoms with Gasteiger partial charge in [0.05, 0.1) is 11.3 Å². The van der Waals surface area contributed by atoms with Crippen molar-refractivity contribution in [2.24, 2.45) is 0 Å². The van der Waals surface area contributed by atoms with Crippen LogP contribution < -0.4 is 0 Å².